The maximum Gasteiger partial charge on any atom is 0.318 e. The third kappa shape index (κ3) is 4.90. The Balaban J connectivity index is 1.90. The quantitative estimate of drug-likeness (QED) is 0.188. The zero-order valence-corrected chi connectivity index (χ0v) is 20.6. The summed E-state index contributed by atoms with van der Waals surface area (Å²) in [6.45, 7) is 3.22. The summed E-state index contributed by atoms with van der Waals surface area (Å²) in [4.78, 5) is 41.8. The molecular formula is C24H36N4O4S. The van der Waals surface area contributed by atoms with E-state index >= 15 is 0 Å². The average Bonchev–Trinajstić information content (AvgIpc) is 3.06. The Kier molecular flexibility index (Phi) is 8.78. The Morgan fingerprint density at radius 3 is 2.76 bits per heavy atom. The fourth-order valence-corrected chi connectivity index (χ4v) is 6.01. The number of unbranched alkanes of at least 4 members (excludes halogenated alkanes) is 3. The molecule has 2 amide bonds. The first-order valence-corrected chi connectivity index (χ1v) is 13.0. The highest BCUT2D eigenvalue weighted by Gasteiger charge is 2.60. The second-order valence-electron chi connectivity index (χ2n) is 8.84. The third-order valence-electron chi connectivity index (χ3n) is 6.91. The van der Waals surface area contributed by atoms with Crippen molar-refractivity contribution in [2.24, 2.45) is 5.92 Å². The zero-order valence-electron chi connectivity index (χ0n) is 19.8. The number of carbonyl (C=O) groups is 3. The monoisotopic (exact) mass is 476 g/mol. The number of anilines is 1. The molecule has 0 aromatic heterocycles. The number of piperazine rings is 1. The smallest absolute Gasteiger partial charge is 0.318 e. The lowest BCUT2D eigenvalue weighted by Crippen LogP contribution is -2.70. The van der Waals surface area contributed by atoms with E-state index in [1.807, 2.05) is 18.4 Å². The van der Waals surface area contributed by atoms with Crippen LogP contribution in [0.5, 0.6) is 0 Å². The van der Waals surface area contributed by atoms with Crippen LogP contribution < -0.4 is 16.1 Å². The van der Waals surface area contributed by atoms with Gasteiger partial charge in [0.1, 0.15) is 0 Å². The minimum atomic E-state index is -1.42. The molecule has 2 atom stereocenters. The summed E-state index contributed by atoms with van der Waals surface area (Å²) in [5, 5.41) is 15.3. The Labute approximate surface area is 200 Å². The van der Waals surface area contributed by atoms with E-state index in [9.17, 15) is 19.6 Å². The summed E-state index contributed by atoms with van der Waals surface area (Å²) in [6, 6.07) is 3.39. The fraction of sp³-hybridized carbons (Fsp3) is 0.625. The van der Waals surface area contributed by atoms with Crippen LogP contribution in [-0.2, 0) is 22.4 Å². The maximum atomic E-state index is 13.7. The Hall–Kier alpha value is -2.10. The fourth-order valence-electron chi connectivity index (χ4n) is 5.20. The predicted octanol–water partition coefficient (Wildman–Crippen LogP) is 3.02. The lowest BCUT2D eigenvalue weighted by molar-refractivity contribution is -0.137. The summed E-state index contributed by atoms with van der Waals surface area (Å²) in [5.41, 5.74) is 3.70. The molecule has 1 spiro atoms. The van der Waals surface area contributed by atoms with Gasteiger partial charge >= 0.3 is 6.03 Å². The second kappa shape index (κ2) is 11.4. The van der Waals surface area contributed by atoms with Crippen molar-refractivity contribution in [3.8, 4) is 0 Å². The van der Waals surface area contributed by atoms with Crippen LogP contribution in [0, 0.1) is 5.92 Å². The van der Waals surface area contributed by atoms with E-state index in [2.05, 4.69) is 23.0 Å². The van der Waals surface area contributed by atoms with Crippen LogP contribution in [0.15, 0.2) is 17.0 Å². The number of benzene rings is 1. The van der Waals surface area contributed by atoms with E-state index in [1.54, 1.807) is 11.8 Å². The van der Waals surface area contributed by atoms with Crippen molar-refractivity contribution >= 4 is 35.0 Å². The molecule has 182 valence electrons. The molecule has 2 aliphatic rings. The first kappa shape index (κ1) is 25.5. The average molecular weight is 477 g/mol. The molecule has 33 heavy (non-hydrogen) atoms. The number of amides is 2. The maximum absolute atomic E-state index is 13.7. The van der Waals surface area contributed by atoms with Crippen LogP contribution >= 0.6 is 11.8 Å². The highest BCUT2D eigenvalue weighted by molar-refractivity contribution is 7.98. The predicted molar refractivity (Wildman–Crippen MR) is 130 cm³/mol. The summed E-state index contributed by atoms with van der Waals surface area (Å²) < 4.78 is 0. The van der Waals surface area contributed by atoms with Crippen molar-refractivity contribution in [3.05, 3.63) is 23.3 Å². The van der Waals surface area contributed by atoms with Crippen molar-refractivity contribution in [2.75, 3.05) is 38.4 Å². The van der Waals surface area contributed by atoms with Gasteiger partial charge in [-0.1, -0.05) is 32.3 Å². The number of carbonyl (C=O) groups excluding carboxylic acids is 3. The molecule has 3 rings (SSSR count). The van der Waals surface area contributed by atoms with Crippen LogP contribution in [0.3, 0.4) is 0 Å². The van der Waals surface area contributed by atoms with E-state index in [-0.39, 0.29) is 24.5 Å². The van der Waals surface area contributed by atoms with Crippen LogP contribution in [0.1, 0.15) is 50.2 Å². The topological polar surface area (TPSA) is 111 Å². The molecule has 1 aliphatic heterocycles. The molecule has 1 heterocycles. The molecule has 1 aliphatic carbocycles. The second-order valence-corrected chi connectivity index (χ2v) is 9.66. The molecule has 2 fully saturated rings. The van der Waals surface area contributed by atoms with Gasteiger partial charge in [-0.15, -0.1) is 11.8 Å². The largest absolute Gasteiger partial charge is 0.341 e. The first-order valence-electron chi connectivity index (χ1n) is 11.8. The van der Waals surface area contributed by atoms with Gasteiger partial charge in [0.2, 0.25) is 0 Å². The van der Waals surface area contributed by atoms with Crippen LogP contribution in [-0.4, -0.2) is 66.2 Å². The highest BCUT2D eigenvalue weighted by Crippen LogP contribution is 2.39. The molecule has 1 aromatic carbocycles. The minimum Gasteiger partial charge on any atom is -0.341 e. The van der Waals surface area contributed by atoms with Crippen molar-refractivity contribution in [1.82, 2.24) is 15.5 Å². The van der Waals surface area contributed by atoms with Gasteiger partial charge in [-0.2, -0.15) is 0 Å². The molecule has 8 nitrogen and oxygen atoms in total. The number of hydrogen-bond donors (Lipinski definition) is 4. The lowest BCUT2D eigenvalue weighted by atomic mass is 9.86. The van der Waals surface area contributed by atoms with Crippen LogP contribution in [0.4, 0.5) is 10.5 Å². The van der Waals surface area contributed by atoms with Crippen molar-refractivity contribution in [1.29, 1.82) is 0 Å². The van der Waals surface area contributed by atoms with E-state index in [0.29, 0.717) is 25.2 Å². The van der Waals surface area contributed by atoms with Crippen molar-refractivity contribution < 1.29 is 19.6 Å². The highest BCUT2D eigenvalue weighted by atomic mass is 32.2. The lowest BCUT2D eigenvalue weighted by Gasteiger charge is -2.42. The number of ketones is 2. The standard InChI is InChI=1S/C24H36N4O4S/c1-4-5-6-7-8-18-16(9-10-19(27-32)21(18)33-3)13-17-14-20(29)24(22(17)30)15-26-11-12-28(24)23(31)25-2/h9-10,17,26-27,32H,4-8,11-15H2,1-3H3,(H,25,31)/t17?,24-/m1/s1. The Morgan fingerprint density at radius 1 is 1.30 bits per heavy atom. The van der Waals surface area contributed by atoms with Gasteiger partial charge in [0.05, 0.1) is 5.69 Å². The van der Waals surface area contributed by atoms with Gasteiger partial charge in [0.25, 0.3) is 0 Å². The summed E-state index contributed by atoms with van der Waals surface area (Å²) in [5.74, 6) is -0.826. The summed E-state index contributed by atoms with van der Waals surface area (Å²) in [6.07, 6.45) is 7.89. The number of hydrogen-bond acceptors (Lipinski definition) is 7. The molecule has 9 heteroatoms. The molecule has 1 unspecified atom stereocenters. The van der Waals surface area contributed by atoms with E-state index in [0.717, 1.165) is 41.7 Å². The van der Waals surface area contributed by atoms with Gasteiger partial charge in [-0.25, -0.2) is 4.79 Å². The Bertz CT molecular complexity index is 893. The van der Waals surface area contributed by atoms with Crippen molar-refractivity contribution in [3.63, 3.8) is 0 Å². The van der Waals surface area contributed by atoms with E-state index in [4.69, 9.17) is 0 Å². The Morgan fingerprint density at radius 2 is 2.09 bits per heavy atom. The summed E-state index contributed by atoms with van der Waals surface area (Å²) in [7, 11) is 1.52. The van der Waals surface area contributed by atoms with Crippen LogP contribution in [0.25, 0.3) is 0 Å². The normalized spacial score (nSPS) is 22.8. The first-order chi connectivity index (χ1) is 15.9. The van der Waals surface area contributed by atoms with Gasteiger partial charge in [-0.05, 0) is 42.7 Å². The molecule has 1 aromatic rings. The van der Waals surface area contributed by atoms with Crippen molar-refractivity contribution in [2.45, 2.75) is 62.3 Å². The molecule has 1 saturated heterocycles. The van der Waals surface area contributed by atoms with E-state index < -0.39 is 17.5 Å². The molecule has 4 N–H and O–H groups in total. The minimum absolute atomic E-state index is 0.137. The number of nitrogens with one attached hydrogen (secondary N) is 3. The SMILES string of the molecule is CCCCCCc1c(CC2CC(=O)[C@]3(CNCCN3C(=O)NC)C2=O)ccc(NO)c1SC. The molecule has 1 saturated carbocycles. The summed E-state index contributed by atoms with van der Waals surface area (Å²) >= 11 is 1.57. The number of urea groups is 1. The molecule has 0 radical (unpaired) electrons. The van der Waals surface area contributed by atoms with Gasteiger partial charge in [0, 0.05) is 43.9 Å². The van der Waals surface area contributed by atoms with Gasteiger partial charge < -0.3 is 15.5 Å². The third-order valence-corrected chi connectivity index (χ3v) is 7.79. The number of rotatable bonds is 9. The van der Waals surface area contributed by atoms with Gasteiger partial charge in [-0.3, -0.25) is 20.3 Å². The molecular weight excluding hydrogens is 440 g/mol. The number of Topliss-reactive ketones (excluding diaryl/α,β-unsaturated/α-hetero) is 2. The zero-order chi connectivity index (χ0) is 24.0. The number of thioether (sulfide) groups is 1. The number of nitrogens with zero attached hydrogens (tertiary/aromatic N) is 1. The molecule has 0 bridgehead atoms. The van der Waals surface area contributed by atoms with Gasteiger partial charge in [0.15, 0.2) is 17.1 Å². The van der Waals surface area contributed by atoms with E-state index in [1.165, 1.54) is 18.4 Å². The van der Waals surface area contributed by atoms with Crippen LogP contribution in [0.2, 0.25) is 0 Å².